The molecule has 2 rings (SSSR count). The van der Waals surface area contributed by atoms with E-state index in [9.17, 15) is 9.59 Å². The molecule has 19 heavy (non-hydrogen) atoms. The number of hydrogen-bond acceptors (Lipinski definition) is 3. The number of hydrogen-bond donors (Lipinski definition) is 1. The summed E-state index contributed by atoms with van der Waals surface area (Å²) >= 11 is 0. The molecule has 1 atom stereocenters. The first-order valence-corrected chi connectivity index (χ1v) is 6.93. The van der Waals surface area contributed by atoms with Crippen molar-refractivity contribution in [2.24, 2.45) is 5.92 Å². The molecule has 1 saturated heterocycles. The molecule has 1 saturated carbocycles. The van der Waals surface area contributed by atoms with Gasteiger partial charge in [0.1, 0.15) is 6.54 Å². The lowest BCUT2D eigenvalue weighted by molar-refractivity contribution is -0.137. The van der Waals surface area contributed by atoms with Crippen molar-refractivity contribution in [2.45, 2.75) is 25.8 Å². The number of carbonyl (C=O) groups is 2. The Labute approximate surface area is 114 Å². The minimum absolute atomic E-state index is 0.116. The third kappa shape index (κ3) is 3.83. The van der Waals surface area contributed by atoms with Gasteiger partial charge in [0, 0.05) is 32.2 Å². The average molecular weight is 269 g/mol. The lowest BCUT2D eigenvalue weighted by atomic mass is 10.2. The maximum atomic E-state index is 12.4. The highest BCUT2D eigenvalue weighted by Crippen LogP contribution is 2.30. The van der Waals surface area contributed by atoms with Crippen LogP contribution < -0.4 is 0 Å². The van der Waals surface area contributed by atoms with Crippen molar-refractivity contribution < 1.29 is 14.7 Å². The summed E-state index contributed by atoms with van der Waals surface area (Å²) in [6.45, 7) is 4.69. The fraction of sp³-hybridized carbons (Fsp3) is 0.846. The van der Waals surface area contributed by atoms with Crippen LogP contribution in [0.25, 0.3) is 0 Å². The second kappa shape index (κ2) is 5.77. The van der Waals surface area contributed by atoms with E-state index < -0.39 is 5.97 Å². The summed E-state index contributed by atoms with van der Waals surface area (Å²) in [5.41, 5.74) is 0. The third-order valence-electron chi connectivity index (χ3n) is 4.00. The van der Waals surface area contributed by atoms with E-state index in [2.05, 4.69) is 11.8 Å². The van der Waals surface area contributed by atoms with Gasteiger partial charge >= 0.3 is 12.0 Å². The fourth-order valence-electron chi connectivity index (χ4n) is 2.41. The van der Waals surface area contributed by atoms with E-state index in [1.165, 1.54) is 4.90 Å². The van der Waals surface area contributed by atoms with Crippen molar-refractivity contribution in [1.82, 2.24) is 14.7 Å². The van der Waals surface area contributed by atoms with Crippen LogP contribution >= 0.6 is 0 Å². The summed E-state index contributed by atoms with van der Waals surface area (Å²) in [6, 6.07) is 0.208. The molecule has 1 unspecified atom stereocenters. The first-order valence-electron chi connectivity index (χ1n) is 6.93. The second-order valence-corrected chi connectivity index (χ2v) is 5.78. The predicted molar refractivity (Wildman–Crippen MR) is 71.0 cm³/mol. The Hall–Kier alpha value is -1.30. The molecule has 0 aromatic rings. The van der Waals surface area contributed by atoms with Crippen LogP contribution in [0.4, 0.5) is 4.79 Å². The number of amides is 2. The fourth-order valence-corrected chi connectivity index (χ4v) is 2.41. The zero-order valence-electron chi connectivity index (χ0n) is 11.7. The largest absolute Gasteiger partial charge is 0.480 e. The number of urea groups is 1. The molecule has 0 spiro atoms. The van der Waals surface area contributed by atoms with Gasteiger partial charge in [0.05, 0.1) is 0 Å². The third-order valence-corrected chi connectivity index (χ3v) is 4.00. The molecule has 6 nitrogen and oxygen atoms in total. The van der Waals surface area contributed by atoms with Gasteiger partial charge in [-0.25, -0.2) is 4.79 Å². The minimum atomic E-state index is -0.934. The molecule has 0 radical (unpaired) electrons. The van der Waals surface area contributed by atoms with Crippen LogP contribution in [-0.4, -0.2) is 77.6 Å². The van der Waals surface area contributed by atoms with E-state index in [1.54, 1.807) is 4.90 Å². The number of nitrogens with zero attached hydrogens (tertiary/aromatic N) is 3. The Bertz CT molecular complexity index is 357. The molecular formula is C13H23N3O3. The van der Waals surface area contributed by atoms with E-state index in [-0.39, 0.29) is 12.6 Å². The van der Waals surface area contributed by atoms with Crippen molar-refractivity contribution in [2.75, 3.05) is 39.8 Å². The Balaban J connectivity index is 1.95. The van der Waals surface area contributed by atoms with Crippen LogP contribution in [-0.2, 0) is 4.79 Å². The minimum Gasteiger partial charge on any atom is -0.480 e. The average Bonchev–Trinajstić information content (AvgIpc) is 3.14. The Morgan fingerprint density at radius 1 is 1.32 bits per heavy atom. The molecule has 1 aliphatic heterocycles. The van der Waals surface area contributed by atoms with Gasteiger partial charge in [-0.1, -0.05) is 0 Å². The number of carboxylic acid groups (broad SMARTS) is 1. The standard InChI is InChI=1S/C13H23N3O3/c1-10-7-15(6-5-14(10)2)13(19)16(9-12(17)18)8-11-3-4-11/h10-11H,3-9H2,1-2H3,(H,17,18). The van der Waals surface area contributed by atoms with Crippen molar-refractivity contribution in [3.05, 3.63) is 0 Å². The zero-order valence-corrected chi connectivity index (χ0v) is 11.7. The molecule has 1 N–H and O–H groups in total. The second-order valence-electron chi connectivity index (χ2n) is 5.78. The summed E-state index contributed by atoms with van der Waals surface area (Å²) < 4.78 is 0. The van der Waals surface area contributed by atoms with Crippen molar-refractivity contribution in [3.8, 4) is 0 Å². The number of rotatable bonds is 4. The van der Waals surface area contributed by atoms with Gasteiger partial charge in [0.15, 0.2) is 0 Å². The Kier molecular flexibility index (Phi) is 4.29. The first kappa shape index (κ1) is 14.1. The summed E-state index contributed by atoms with van der Waals surface area (Å²) in [6.07, 6.45) is 2.23. The molecule has 108 valence electrons. The number of carboxylic acids is 1. The smallest absolute Gasteiger partial charge is 0.323 e. The van der Waals surface area contributed by atoms with Crippen molar-refractivity contribution in [3.63, 3.8) is 0 Å². The Morgan fingerprint density at radius 3 is 2.53 bits per heavy atom. The van der Waals surface area contributed by atoms with Crippen LogP contribution in [0.15, 0.2) is 0 Å². The van der Waals surface area contributed by atoms with Gasteiger partial charge in [0.2, 0.25) is 0 Å². The molecule has 0 aromatic carbocycles. The van der Waals surface area contributed by atoms with Crippen LogP contribution in [0.2, 0.25) is 0 Å². The lowest BCUT2D eigenvalue weighted by Crippen LogP contribution is -2.56. The number of carbonyl (C=O) groups excluding carboxylic acids is 1. The lowest BCUT2D eigenvalue weighted by Gasteiger charge is -2.39. The molecule has 0 bridgehead atoms. The van der Waals surface area contributed by atoms with Crippen molar-refractivity contribution >= 4 is 12.0 Å². The molecule has 1 heterocycles. The van der Waals surface area contributed by atoms with Crippen LogP contribution in [0, 0.1) is 5.92 Å². The first-order chi connectivity index (χ1) is 8.97. The van der Waals surface area contributed by atoms with Gasteiger partial charge in [-0.2, -0.15) is 0 Å². The van der Waals surface area contributed by atoms with Crippen LogP contribution in [0.5, 0.6) is 0 Å². The van der Waals surface area contributed by atoms with Gasteiger partial charge in [-0.05, 0) is 32.7 Å². The van der Waals surface area contributed by atoms with Gasteiger partial charge in [-0.15, -0.1) is 0 Å². The molecule has 1 aliphatic carbocycles. The van der Waals surface area contributed by atoms with Gasteiger partial charge in [-0.3, -0.25) is 4.79 Å². The van der Waals surface area contributed by atoms with Gasteiger partial charge < -0.3 is 19.8 Å². The van der Waals surface area contributed by atoms with Crippen LogP contribution in [0.3, 0.4) is 0 Å². The van der Waals surface area contributed by atoms with E-state index >= 15 is 0 Å². The maximum Gasteiger partial charge on any atom is 0.323 e. The molecule has 6 heteroatoms. The van der Waals surface area contributed by atoms with E-state index in [0.717, 1.165) is 19.4 Å². The van der Waals surface area contributed by atoms with Crippen molar-refractivity contribution in [1.29, 1.82) is 0 Å². The van der Waals surface area contributed by atoms with E-state index in [0.29, 0.717) is 31.6 Å². The molecule has 2 fully saturated rings. The highest BCUT2D eigenvalue weighted by atomic mass is 16.4. The Morgan fingerprint density at radius 2 is 2.00 bits per heavy atom. The maximum absolute atomic E-state index is 12.4. The number of piperazine rings is 1. The van der Waals surface area contributed by atoms with E-state index in [4.69, 9.17) is 5.11 Å². The number of likely N-dealkylation sites (N-methyl/N-ethyl adjacent to an activating group) is 1. The quantitative estimate of drug-likeness (QED) is 0.809. The molecule has 2 amide bonds. The topological polar surface area (TPSA) is 64.1 Å². The van der Waals surface area contributed by atoms with Crippen LogP contribution in [0.1, 0.15) is 19.8 Å². The summed E-state index contributed by atoms with van der Waals surface area (Å²) in [7, 11) is 2.05. The number of aliphatic carboxylic acids is 1. The molecular weight excluding hydrogens is 246 g/mol. The summed E-state index contributed by atoms with van der Waals surface area (Å²) in [5.74, 6) is -0.427. The monoisotopic (exact) mass is 269 g/mol. The van der Waals surface area contributed by atoms with E-state index in [1.807, 2.05) is 7.05 Å². The highest BCUT2D eigenvalue weighted by Gasteiger charge is 2.32. The summed E-state index contributed by atoms with van der Waals surface area (Å²) in [4.78, 5) is 28.8. The summed E-state index contributed by atoms with van der Waals surface area (Å²) in [5, 5.41) is 8.94. The predicted octanol–water partition coefficient (Wildman–Crippen LogP) is 0.539. The normalized spacial score (nSPS) is 24.3. The zero-order chi connectivity index (χ0) is 14.0. The van der Waals surface area contributed by atoms with Gasteiger partial charge in [0.25, 0.3) is 0 Å². The SMILES string of the molecule is CC1CN(C(=O)N(CC(=O)O)CC2CC2)CCN1C. The molecule has 2 aliphatic rings. The highest BCUT2D eigenvalue weighted by molar-refractivity contribution is 5.80. The molecule has 0 aromatic heterocycles.